The number of oxazole rings is 1. The molecule has 0 radical (unpaired) electrons. The molecule has 9 nitrogen and oxygen atoms in total. The summed E-state index contributed by atoms with van der Waals surface area (Å²) in [6, 6.07) is 7.73. The van der Waals surface area contributed by atoms with Crippen molar-refractivity contribution in [3.63, 3.8) is 0 Å². The van der Waals surface area contributed by atoms with Crippen LogP contribution < -0.4 is 16.4 Å². The zero-order chi connectivity index (χ0) is 20.9. The fourth-order valence-corrected chi connectivity index (χ4v) is 2.65. The van der Waals surface area contributed by atoms with Gasteiger partial charge in [-0.25, -0.2) is 24.3 Å². The van der Waals surface area contributed by atoms with Crippen LogP contribution >= 0.6 is 0 Å². The third kappa shape index (κ3) is 4.22. The smallest absolute Gasteiger partial charge is 0.275 e. The summed E-state index contributed by atoms with van der Waals surface area (Å²) in [4.78, 5) is 28.6. The number of nitrogens with zero attached hydrogens (tertiary/aromatic N) is 4. The maximum atomic E-state index is 14.2. The molecule has 0 aliphatic rings. The molecule has 30 heavy (non-hydrogen) atoms. The van der Waals surface area contributed by atoms with Gasteiger partial charge in [0.1, 0.15) is 29.3 Å². The standard InChI is InChI=1S/C20H16FN7O2/c21-14-4-3-13(8-12(14)9-25-15-2-1-5-23-18(15)22)28-19(29)16-10-27-17(11-26-16)20-24-6-7-30-20/h1-8,10-11,25H,9H2,(H2,22,23)(H,28,29). The number of benzene rings is 1. The molecule has 0 spiro atoms. The first kappa shape index (κ1) is 19.0. The third-order valence-corrected chi connectivity index (χ3v) is 4.15. The Morgan fingerprint density at radius 2 is 2.00 bits per heavy atom. The summed E-state index contributed by atoms with van der Waals surface area (Å²) in [5, 5.41) is 5.70. The Bertz CT molecular complexity index is 1160. The van der Waals surface area contributed by atoms with Gasteiger partial charge in [-0.15, -0.1) is 0 Å². The summed E-state index contributed by atoms with van der Waals surface area (Å²) in [7, 11) is 0. The molecule has 0 aliphatic carbocycles. The van der Waals surface area contributed by atoms with E-state index in [0.29, 0.717) is 34.3 Å². The Balaban J connectivity index is 1.44. The molecule has 0 bridgehead atoms. The van der Waals surface area contributed by atoms with Crippen LogP contribution in [0.5, 0.6) is 0 Å². The second-order valence-corrected chi connectivity index (χ2v) is 6.17. The third-order valence-electron chi connectivity index (χ3n) is 4.15. The minimum Gasteiger partial charge on any atom is -0.443 e. The lowest BCUT2D eigenvalue weighted by Gasteiger charge is -2.11. The zero-order valence-corrected chi connectivity index (χ0v) is 15.5. The number of nitrogens with one attached hydrogen (secondary N) is 2. The first-order valence-electron chi connectivity index (χ1n) is 8.86. The lowest BCUT2D eigenvalue weighted by atomic mass is 10.1. The molecule has 0 aliphatic heterocycles. The molecule has 0 atom stereocenters. The Hall–Kier alpha value is -4.34. The molecular weight excluding hydrogens is 389 g/mol. The van der Waals surface area contributed by atoms with Gasteiger partial charge in [0.15, 0.2) is 0 Å². The van der Waals surface area contributed by atoms with Crippen molar-refractivity contribution in [2.24, 2.45) is 0 Å². The number of carbonyl (C=O) groups is 1. The summed E-state index contributed by atoms with van der Waals surface area (Å²) in [6.45, 7) is 0.163. The van der Waals surface area contributed by atoms with Crippen LogP contribution in [0.3, 0.4) is 0 Å². The number of pyridine rings is 1. The molecule has 0 saturated heterocycles. The number of nitrogen functional groups attached to an aromatic ring is 1. The lowest BCUT2D eigenvalue weighted by molar-refractivity contribution is 0.102. The highest BCUT2D eigenvalue weighted by atomic mass is 19.1. The summed E-state index contributed by atoms with van der Waals surface area (Å²) in [5.74, 6) is -0.282. The van der Waals surface area contributed by atoms with Gasteiger partial charge in [0.05, 0.1) is 24.3 Å². The highest BCUT2D eigenvalue weighted by Crippen LogP contribution is 2.20. The highest BCUT2D eigenvalue weighted by Gasteiger charge is 2.12. The van der Waals surface area contributed by atoms with E-state index in [9.17, 15) is 9.18 Å². The number of anilines is 3. The van der Waals surface area contributed by atoms with Crippen LogP contribution in [0.2, 0.25) is 0 Å². The van der Waals surface area contributed by atoms with Crippen molar-refractivity contribution in [2.75, 3.05) is 16.4 Å². The normalized spacial score (nSPS) is 10.6. The molecule has 10 heteroatoms. The van der Waals surface area contributed by atoms with Crippen LogP contribution in [0, 0.1) is 5.82 Å². The molecule has 0 unspecified atom stereocenters. The van der Waals surface area contributed by atoms with E-state index in [4.69, 9.17) is 10.2 Å². The van der Waals surface area contributed by atoms with E-state index in [1.165, 1.54) is 43.1 Å². The molecule has 4 aromatic rings. The summed E-state index contributed by atoms with van der Waals surface area (Å²) >= 11 is 0. The average Bonchev–Trinajstić information content (AvgIpc) is 3.30. The van der Waals surface area contributed by atoms with Crippen molar-refractivity contribution < 1.29 is 13.6 Å². The van der Waals surface area contributed by atoms with Gasteiger partial charge in [0.2, 0.25) is 5.89 Å². The second kappa shape index (κ2) is 8.35. The van der Waals surface area contributed by atoms with E-state index in [-0.39, 0.29) is 12.2 Å². The molecule has 3 aromatic heterocycles. The highest BCUT2D eigenvalue weighted by molar-refractivity contribution is 6.02. The van der Waals surface area contributed by atoms with Crippen molar-refractivity contribution in [3.05, 3.63) is 78.5 Å². The first-order valence-corrected chi connectivity index (χ1v) is 8.86. The van der Waals surface area contributed by atoms with Crippen molar-refractivity contribution in [3.8, 4) is 11.6 Å². The maximum absolute atomic E-state index is 14.2. The Morgan fingerprint density at radius 3 is 2.73 bits per heavy atom. The lowest BCUT2D eigenvalue weighted by Crippen LogP contribution is -2.14. The molecular formula is C20H16FN7O2. The van der Waals surface area contributed by atoms with Crippen LogP contribution in [0.4, 0.5) is 21.6 Å². The van der Waals surface area contributed by atoms with Crippen LogP contribution in [-0.2, 0) is 6.54 Å². The predicted molar refractivity (Wildman–Crippen MR) is 108 cm³/mol. The molecule has 0 saturated carbocycles. The zero-order valence-electron chi connectivity index (χ0n) is 15.5. The molecule has 3 heterocycles. The van der Waals surface area contributed by atoms with E-state index >= 15 is 0 Å². The average molecular weight is 405 g/mol. The fourth-order valence-electron chi connectivity index (χ4n) is 2.65. The van der Waals surface area contributed by atoms with Gasteiger partial charge < -0.3 is 20.8 Å². The Labute approximate surface area is 170 Å². The van der Waals surface area contributed by atoms with E-state index in [2.05, 4.69) is 30.6 Å². The molecule has 150 valence electrons. The second-order valence-electron chi connectivity index (χ2n) is 6.17. The maximum Gasteiger partial charge on any atom is 0.275 e. The van der Waals surface area contributed by atoms with Crippen molar-refractivity contribution >= 4 is 23.1 Å². The van der Waals surface area contributed by atoms with Crippen LogP contribution in [-0.4, -0.2) is 25.8 Å². The minimum absolute atomic E-state index is 0.0949. The number of amides is 1. The number of rotatable bonds is 6. The largest absolute Gasteiger partial charge is 0.443 e. The minimum atomic E-state index is -0.483. The van der Waals surface area contributed by atoms with E-state index in [0.717, 1.165) is 0 Å². The van der Waals surface area contributed by atoms with Gasteiger partial charge in [-0.1, -0.05) is 0 Å². The van der Waals surface area contributed by atoms with E-state index in [1.54, 1.807) is 18.3 Å². The van der Waals surface area contributed by atoms with Crippen LogP contribution in [0.25, 0.3) is 11.6 Å². The van der Waals surface area contributed by atoms with Crippen LogP contribution in [0.1, 0.15) is 16.1 Å². The van der Waals surface area contributed by atoms with Crippen molar-refractivity contribution in [2.45, 2.75) is 6.54 Å². The number of nitrogens with two attached hydrogens (primary N) is 1. The summed E-state index contributed by atoms with van der Waals surface area (Å²) in [5.41, 5.74) is 7.63. The predicted octanol–water partition coefficient (Wildman–Crippen LogP) is 3.11. The molecule has 4 rings (SSSR count). The number of halogens is 1. The van der Waals surface area contributed by atoms with Crippen molar-refractivity contribution in [1.29, 1.82) is 0 Å². The SMILES string of the molecule is Nc1ncccc1NCc1cc(NC(=O)c2cnc(-c3ncco3)cn2)ccc1F. The van der Waals surface area contributed by atoms with E-state index in [1.807, 2.05) is 0 Å². The number of hydrogen-bond acceptors (Lipinski definition) is 8. The molecule has 0 fully saturated rings. The number of aromatic nitrogens is 4. The van der Waals surface area contributed by atoms with Gasteiger partial charge in [-0.3, -0.25) is 4.79 Å². The quantitative estimate of drug-likeness (QED) is 0.446. The van der Waals surface area contributed by atoms with Gasteiger partial charge in [0.25, 0.3) is 5.91 Å². The van der Waals surface area contributed by atoms with Gasteiger partial charge in [-0.05, 0) is 30.3 Å². The molecule has 1 aromatic carbocycles. The number of carbonyl (C=O) groups excluding carboxylic acids is 1. The molecule has 1 amide bonds. The summed E-state index contributed by atoms with van der Waals surface area (Å²) in [6.07, 6.45) is 7.17. The summed E-state index contributed by atoms with van der Waals surface area (Å²) < 4.78 is 19.3. The Morgan fingerprint density at radius 1 is 1.10 bits per heavy atom. The van der Waals surface area contributed by atoms with Gasteiger partial charge >= 0.3 is 0 Å². The monoisotopic (exact) mass is 405 g/mol. The van der Waals surface area contributed by atoms with Gasteiger partial charge in [0, 0.05) is 24.0 Å². The fraction of sp³-hybridized carbons (Fsp3) is 0.0500. The van der Waals surface area contributed by atoms with Crippen LogP contribution in [0.15, 0.2) is 65.8 Å². The first-order chi connectivity index (χ1) is 14.6. The van der Waals surface area contributed by atoms with Gasteiger partial charge in [-0.2, -0.15) is 0 Å². The topological polar surface area (TPSA) is 132 Å². The molecule has 4 N–H and O–H groups in total. The Kier molecular flexibility index (Phi) is 5.29. The van der Waals surface area contributed by atoms with Crippen molar-refractivity contribution in [1.82, 2.24) is 19.9 Å². The van der Waals surface area contributed by atoms with E-state index < -0.39 is 11.7 Å². The number of hydrogen-bond donors (Lipinski definition) is 3.